The Morgan fingerprint density at radius 2 is 2.17 bits per heavy atom. The molecule has 23 heavy (non-hydrogen) atoms. The number of rotatable bonds is 5. The van der Waals surface area contributed by atoms with Gasteiger partial charge in [-0.25, -0.2) is 0 Å². The number of nitrogens with zero attached hydrogens (tertiary/aromatic N) is 2. The van der Waals surface area contributed by atoms with Crippen LogP contribution in [0.4, 0.5) is 5.69 Å². The quantitative estimate of drug-likeness (QED) is 0.690. The average molecular weight is 348 g/mol. The molecular formula is C16H14ClN3O2S. The Kier molecular flexibility index (Phi) is 4.76. The lowest BCUT2D eigenvalue weighted by Crippen LogP contribution is -2.00. The molecular weight excluding hydrogens is 334 g/mol. The van der Waals surface area contributed by atoms with Crippen LogP contribution in [-0.4, -0.2) is 28.3 Å². The summed E-state index contributed by atoms with van der Waals surface area (Å²) in [5.74, 6) is 0. The zero-order valence-electron chi connectivity index (χ0n) is 12.1. The fourth-order valence-corrected chi connectivity index (χ4v) is 3.13. The second-order valence-electron chi connectivity index (χ2n) is 4.70. The van der Waals surface area contributed by atoms with Crippen LogP contribution in [-0.2, 0) is 0 Å². The largest absolute Gasteiger partial charge is 0.459 e. The Hall–Kier alpha value is -2.15. The molecule has 0 aliphatic carbocycles. The first-order chi connectivity index (χ1) is 11.2. The van der Waals surface area contributed by atoms with Gasteiger partial charge in [0.2, 0.25) is 0 Å². The monoisotopic (exact) mass is 347 g/mol. The van der Waals surface area contributed by atoms with E-state index >= 15 is 0 Å². The van der Waals surface area contributed by atoms with Crippen LogP contribution in [0.3, 0.4) is 0 Å². The number of aliphatic hydroxyl groups excluding tert-OH is 1. The number of hydrogen-bond donors (Lipinski definition) is 2. The number of nitrogens with two attached hydrogens (primary N) is 1. The highest BCUT2D eigenvalue weighted by Crippen LogP contribution is 2.36. The Labute approximate surface area is 142 Å². The summed E-state index contributed by atoms with van der Waals surface area (Å²) >= 11 is 7.52. The molecule has 7 heteroatoms. The lowest BCUT2D eigenvalue weighted by Gasteiger charge is -2.07. The number of benzene rings is 1. The fraction of sp³-hybridized carbons (Fsp3) is 0.125. The van der Waals surface area contributed by atoms with Gasteiger partial charge in [-0.2, -0.15) is 9.97 Å². The second kappa shape index (κ2) is 6.95. The maximum atomic E-state index is 8.73. The minimum Gasteiger partial charge on any atom is -0.459 e. The van der Waals surface area contributed by atoms with E-state index in [-0.39, 0.29) is 19.2 Å². The number of halogens is 1. The molecule has 0 saturated heterocycles. The van der Waals surface area contributed by atoms with Crippen LogP contribution in [0.5, 0.6) is 6.01 Å². The summed E-state index contributed by atoms with van der Waals surface area (Å²) in [5, 5.41) is 12.0. The van der Waals surface area contributed by atoms with E-state index in [1.807, 2.05) is 23.6 Å². The Balaban J connectivity index is 2.06. The lowest BCUT2D eigenvalue weighted by molar-refractivity contribution is 0.326. The molecule has 0 unspecified atom stereocenters. The van der Waals surface area contributed by atoms with Crippen LogP contribution in [0.25, 0.3) is 21.5 Å². The maximum Gasteiger partial charge on any atom is 0.318 e. The van der Waals surface area contributed by atoms with Gasteiger partial charge >= 0.3 is 6.01 Å². The van der Waals surface area contributed by atoms with E-state index in [4.69, 9.17) is 27.2 Å². The summed E-state index contributed by atoms with van der Waals surface area (Å²) in [4.78, 5) is 9.62. The summed E-state index contributed by atoms with van der Waals surface area (Å²) in [6, 6.07) is 7.67. The van der Waals surface area contributed by atoms with Crippen molar-refractivity contribution in [2.75, 3.05) is 18.9 Å². The number of aliphatic hydroxyl groups is 1. The van der Waals surface area contributed by atoms with Gasteiger partial charge in [-0.05, 0) is 18.2 Å². The number of anilines is 1. The highest BCUT2D eigenvalue weighted by atomic mass is 35.5. The molecule has 118 valence electrons. The second-order valence-corrected chi connectivity index (χ2v) is 6.00. The number of aromatic nitrogens is 2. The normalized spacial score (nSPS) is 11.4. The molecule has 3 aromatic rings. The van der Waals surface area contributed by atoms with Gasteiger partial charge in [-0.3, -0.25) is 0 Å². The van der Waals surface area contributed by atoms with Gasteiger partial charge in [0.25, 0.3) is 0 Å². The third-order valence-corrected chi connectivity index (χ3v) is 4.25. The number of thiophene rings is 1. The molecule has 0 saturated carbocycles. The summed E-state index contributed by atoms with van der Waals surface area (Å²) in [6.45, 7) is 0.250. The molecule has 3 N–H and O–H groups in total. The topological polar surface area (TPSA) is 81.3 Å². The summed E-state index contributed by atoms with van der Waals surface area (Å²) < 4.78 is 5.53. The predicted octanol–water partition coefficient (Wildman–Crippen LogP) is 3.52. The van der Waals surface area contributed by atoms with Crippen molar-refractivity contribution in [2.45, 2.75) is 0 Å². The first-order valence-electron chi connectivity index (χ1n) is 6.88. The molecule has 2 heterocycles. The van der Waals surface area contributed by atoms with Crippen LogP contribution >= 0.6 is 22.9 Å². The third-order valence-electron chi connectivity index (χ3n) is 3.12. The highest BCUT2D eigenvalue weighted by Gasteiger charge is 2.15. The Bertz CT molecular complexity index is 864. The lowest BCUT2D eigenvalue weighted by atomic mass is 10.1. The minimum absolute atomic E-state index is 0.0293. The molecule has 3 rings (SSSR count). The van der Waals surface area contributed by atoms with Crippen molar-refractivity contribution < 1.29 is 9.84 Å². The fourth-order valence-electron chi connectivity index (χ4n) is 2.12. The van der Waals surface area contributed by atoms with Crippen LogP contribution in [0, 0.1) is 0 Å². The van der Waals surface area contributed by atoms with E-state index in [9.17, 15) is 0 Å². The number of fused-ring (bicyclic) bond motifs is 1. The van der Waals surface area contributed by atoms with Crippen molar-refractivity contribution in [3.63, 3.8) is 0 Å². The molecule has 1 aromatic carbocycles. The summed E-state index contributed by atoms with van der Waals surface area (Å²) in [7, 11) is 0. The van der Waals surface area contributed by atoms with Crippen molar-refractivity contribution in [3.8, 4) is 17.3 Å². The highest BCUT2D eigenvalue weighted by molar-refractivity contribution is 7.17. The van der Waals surface area contributed by atoms with Crippen LogP contribution in [0.2, 0.25) is 5.02 Å². The van der Waals surface area contributed by atoms with Gasteiger partial charge in [0.05, 0.1) is 23.4 Å². The zero-order chi connectivity index (χ0) is 16.2. The smallest absolute Gasteiger partial charge is 0.318 e. The van der Waals surface area contributed by atoms with Gasteiger partial charge in [-0.15, -0.1) is 11.3 Å². The average Bonchev–Trinajstić information content (AvgIpc) is 2.92. The molecule has 0 amide bonds. The molecule has 0 fully saturated rings. The van der Waals surface area contributed by atoms with Gasteiger partial charge in [-0.1, -0.05) is 29.8 Å². The Morgan fingerprint density at radius 3 is 2.96 bits per heavy atom. The number of nitrogen functional groups attached to an aromatic ring is 1. The first kappa shape index (κ1) is 15.7. The van der Waals surface area contributed by atoms with E-state index in [0.29, 0.717) is 16.4 Å². The molecule has 0 atom stereocenters. The van der Waals surface area contributed by atoms with Crippen LogP contribution in [0.1, 0.15) is 0 Å². The van der Waals surface area contributed by atoms with Gasteiger partial charge in [0, 0.05) is 16.0 Å². The summed E-state index contributed by atoms with van der Waals surface area (Å²) in [5.41, 5.74) is 8.24. The summed E-state index contributed by atoms with van der Waals surface area (Å²) in [6.07, 6.45) is 3.30. The molecule has 0 bridgehead atoms. The van der Waals surface area contributed by atoms with Crippen molar-refractivity contribution in [3.05, 3.63) is 46.8 Å². The van der Waals surface area contributed by atoms with E-state index in [1.54, 1.807) is 18.2 Å². The molecule has 5 nitrogen and oxygen atoms in total. The SMILES string of the molecule is Nc1csc2nc(OCC=CCO)nc(-c3cccc(Cl)c3)c12. The minimum atomic E-state index is -0.0293. The third kappa shape index (κ3) is 3.44. The molecule has 2 aromatic heterocycles. The standard InChI is InChI=1S/C16H14ClN3O2S/c17-11-5-3-4-10(8-11)14-13-12(18)9-23-15(13)20-16(19-14)22-7-2-1-6-21/h1-5,8-9,21H,6-7,18H2. The van der Waals surface area contributed by atoms with Crippen molar-refractivity contribution in [1.29, 1.82) is 0 Å². The number of hydrogen-bond acceptors (Lipinski definition) is 6. The maximum absolute atomic E-state index is 8.73. The van der Waals surface area contributed by atoms with Crippen LogP contribution < -0.4 is 10.5 Å². The predicted molar refractivity (Wildman–Crippen MR) is 94.0 cm³/mol. The van der Waals surface area contributed by atoms with Gasteiger partial charge in [0.15, 0.2) is 0 Å². The molecule has 0 radical (unpaired) electrons. The van der Waals surface area contributed by atoms with Crippen LogP contribution in [0.15, 0.2) is 41.8 Å². The van der Waals surface area contributed by atoms with Crippen molar-refractivity contribution in [1.82, 2.24) is 9.97 Å². The molecule has 0 aliphatic rings. The van der Waals surface area contributed by atoms with Gasteiger partial charge < -0.3 is 15.6 Å². The Morgan fingerprint density at radius 1 is 1.30 bits per heavy atom. The molecule has 0 aliphatic heterocycles. The van der Waals surface area contributed by atoms with E-state index in [2.05, 4.69) is 9.97 Å². The number of ether oxygens (including phenoxy) is 1. The van der Waals surface area contributed by atoms with E-state index < -0.39 is 0 Å². The van der Waals surface area contributed by atoms with E-state index in [0.717, 1.165) is 15.8 Å². The zero-order valence-corrected chi connectivity index (χ0v) is 13.6. The van der Waals surface area contributed by atoms with E-state index in [1.165, 1.54) is 11.3 Å². The van der Waals surface area contributed by atoms with Crippen molar-refractivity contribution in [2.24, 2.45) is 0 Å². The first-order valence-corrected chi connectivity index (χ1v) is 8.14. The van der Waals surface area contributed by atoms with Gasteiger partial charge in [0.1, 0.15) is 11.4 Å². The molecule has 0 spiro atoms. The van der Waals surface area contributed by atoms with Crippen molar-refractivity contribution >= 4 is 38.8 Å².